The molecule has 1 aliphatic rings. The van der Waals surface area contributed by atoms with E-state index in [1.165, 1.54) is 10.6 Å². The third-order valence-electron chi connectivity index (χ3n) is 6.12. The Morgan fingerprint density at radius 3 is 2.41 bits per heavy atom. The lowest BCUT2D eigenvalue weighted by Gasteiger charge is -2.30. The van der Waals surface area contributed by atoms with Crippen molar-refractivity contribution in [1.82, 2.24) is 24.8 Å². The number of anilines is 3. The van der Waals surface area contributed by atoms with Gasteiger partial charge in [-0.25, -0.2) is 32.5 Å². The first-order chi connectivity index (χ1) is 17.7. The molecule has 2 N–H and O–H groups in total. The van der Waals surface area contributed by atoms with Gasteiger partial charge in [0.15, 0.2) is 11.6 Å². The van der Waals surface area contributed by atoms with E-state index < -0.39 is 28.8 Å². The number of halogens is 4. The van der Waals surface area contributed by atoms with Crippen LogP contribution in [0.1, 0.15) is 19.9 Å². The first-order valence-corrected chi connectivity index (χ1v) is 11.7. The number of fused-ring (bicyclic) bond motifs is 1. The molecule has 2 aromatic heterocycles. The van der Waals surface area contributed by atoms with Crippen molar-refractivity contribution in [2.45, 2.75) is 19.9 Å². The first-order valence-electron chi connectivity index (χ1n) is 11.7. The Hall–Kier alpha value is -4.06. The Morgan fingerprint density at radius 2 is 1.68 bits per heavy atom. The molecular formula is C25H23F4N7O. The standard InChI is InChI=1S/C25H23F4N7O/c1-13(2)36-21-8-14(7-17(28)24(21)31-12-22(36)37)23-18(29)11-32-25(34-23)33-19-9-16(27)20(10-15(19)26)35-5-3-30-4-6-35/h7-13,30H,3-6H2,1-2H3,(H,32,33,34). The smallest absolute Gasteiger partial charge is 0.269 e. The summed E-state index contributed by atoms with van der Waals surface area (Å²) in [7, 11) is 0. The SMILES string of the molecule is CC(C)n1c(=O)cnc2c(F)cc(-c3nc(Nc4cc(F)c(N5CCNCC5)cc4F)ncc3F)cc21. The van der Waals surface area contributed by atoms with E-state index in [4.69, 9.17) is 0 Å². The van der Waals surface area contributed by atoms with Crippen LogP contribution in [0.25, 0.3) is 22.3 Å². The van der Waals surface area contributed by atoms with Crippen LogP contribution in [0.2, 0.25) is 0 Å². The Balaban J connectivity index is 1.52. The molecule has 1 saturated heterocycles. The largest absolute Gasteiger partial charge is 0.367 e. The van der Waals surface area contributed by atoms with Gasteiger partial charge in [0.2, 0.25) is 5.95 Å². The van der Waals surface area contributed by atoms with Crippen molar-refractivity contribution in [1.29, 1.82) is 0 Å². The second kappa shape index (κ2) is 9.77. The van der Waals surface area contributed by atoms with Crippen LogP contribution >= 0.6 is 0 Å². The minimum Gasteiger partial charge on any atom is -0.367 e. The predicted molar refractivity (Wildman–Crippen MR) is 132 cm³/mol. The van der Waals surface area contributed by atoms with Gasteiger partial charge < -0.3 is 20.1 Å². The zero-order valence-corrected chi connectivity index (χ0v) is 20.0. The summed E-state index contributed by atoms with van der Waals surface area (Å²) >= 11 is 0. The molecule has 2 aromatic carbocycles. The van der Waals surface area contributed by atoms with Crippen molar-refractivity contribution in [3.05, 3.63) is 70.3 Å². The zero-order chi connectivity index (χ0) is 26.3. The number of hydrogen-bond acceptors (Lipinski definition) is 7. The van der Waals surface area contributed by atoms with Gasteiger partial charge in [0.05, 0.1) is 29.3 Å². The minimum atomic E-state index is -0.868. The number of nitrogens with one attached hydrogen (secondary N) is 2. The summed E-state index contributed by atoms with van der Waals surface area (Å²) in [6, 6.07) is 4.21. The van der Waals surface area contributed by atoms with Crippen molar-refractivity contribution < 1.29 is 17.6 Å². The fourth-order valence-corrected chi connectivity index (χ4v) is 4.40. The molecule has 8 nitrogen and oxygen atoms in total. The minimum absolute atomic E-state index is 0.0236. The van der Waals surface area contributed by atoms with E-state index in [2.05, 4.69) is 25.6 Å². The van der Waals surface area contributed by atoms with Crippen molar-refractivity contribution in [2.24, 2.45) is 0 Å². The molecule has 0 aliphatic carbocycles. The van der Waals surface area contributed by atoms with Gasteiger partial charge in [0, 0.05) is 49.9 Å². The van der Waals surface area contributed by atoms with E-state index in [9.17, 15) is 22.4 Å². The van der Waals surface area contributed by atoms with E-state index in [0.717, 1.165) is 30.6 Å². The average molecular weight is 513 g/mol. The predicted octanol–water partition coefficient (Wildman–Crippen LogP) is 4.14. The third-order valence-corrected chi connectivity index (χ3v) is 6.12. The second-order valence-electron chi connectivity index (χ2n) is 8.92. The molecule has 1 aliphatic heterocycles. The van der Waals surface area contributed by atoms with Crippen molar-refractivity contribution in [2.75, 3.05) is 36.4 Å². The van der Waals surface area contributed by atoms with E-state index in [0.29, 0.717) is 26.2 Å². The molecule has 0 amide bonds. The van der Waals surface area contributed by atoms with Crippen LogP contribution in [0.3, 0.4) is 0 Å². The average Bonchev–Trinajstić information content (AvgIpc) is 2.87. The number of aromatic nitrogens is 4. The molecule has 0 atom stereocenters. The molecule has 37 heavy (non-hydrogen) atoms. The topological polar surface area (TPSA) is 88.0 Å². The first kappa shape index (κ1) is 24.6. The maximum absolute atomic E-state index is 14.9. The van der Waals surface area contributed by atoms with Crippen molar-refractivity contribution in [3.63, 3.8) is 0 Å². The maximum Gasteiger partial charge on any atom is 0.269 e. The lowest BCUT2D eigenvalue weighted by atomic mass is 10.1. The summed E-state index contributed by atoms with van der Waals surface area (Å²) in [6.07, 6.45) is 1.87. The van der Waals surface area contributed by atoms with Gasteiger partial charge in [-0.2, -0.15) is 0 Å². The highest BCUT2D eigenvalue weighted by Crippen LogP contribution is 2.30. The quantitative estimate of drug-likeness (QED) is 0.388. The molecule has 192 valence electrons. The van der Waals surface area contributed by atoms with Gasteiger partial charge in [-0.15, -0.1) is 0 Å². The van der Waals surface area contributed by atoms with Gasteiger partial charge >= 0.3 is 0 Å². The van der Waals surface area contributed by atoms with Crippen LogP contribution in [0.4, 0.5) is 34.9 Å². The normalized spacial score (nSPS) is 14.0. The van der Waals surface area contributed by atoms with Gasteiger partial charge in [0.1, 0.15) is 22.8 Å². The number of hydrogen-bond donors (Lipinski definition) is 2. The van der Waals surface area contributed by atoms with E-state index in [-0.39, 0.29) is 45.7 Å². The molecule has 0 spiro atoms. The zero-order valence-electron chi connectivity index (χ0n) is 20.0. The molecular weight excluding hydrogens is 490 g/mol. The van der Waals surface area contributed by atoms with E-state index in [1.807, 2.05) is 0 Å². The Morgan fingerprint density at radius 1 is 0.919 bits per heavy atom. The Labute approximate surface area is 209 Å². The fourth-order valence-electron chi connectivity index (χ4n) is 4.40. The molecule has 0 bridgehead atoms. The summed E-state index contributed by atoms with van der Waals surface area (Å²) in [4.78, 5) is 25.9. The van der Waals surface area contributed by atoms with Crippen LogP contribution in [0.15, 0.2) is 41.5 Å². The molecule has 0 radical (unpaired) electrons. The second-order valence-corrected chi connectivity index (χ2v) is 8.92. The van der Waals surface area contributed by atoms with Crippen LogP contribution in [-0.2, 0) is 0 Å². The summed E-state index contributed by atoms with van der Waals surface area (Å²) < 4.78 is 60.7. The Kier molecular flexibility index (Phi) is 6.50. The maximum atomic E-state index is 14.9. The van der Waals surface area contributed by atoms with Crippen LogP contribution in [-0.4, -0.2) is 45.7 Å². The lowest BCUT2D eigenvalue weighted by molar-refractivity contribution is 0.559. The highest BCUT2D eigenvalue weighted by molar-refractivity contribution is 5.82. The molecule has 4 aromatic rings. The van der Waals surface area contributed by atoms with Crippen LogP contribution in [0.5, 0.6) is 0 Å². The molecule has 3 heterocycles. The number of piperazine rings is 1. The fraction of sp³-hybridized carbons (Fsp3) is 0.280. The highest BCUT2D eigenvalue weighted by Gasteiger charge is 2.20. The van der Waals surface area contributed by atoms with Gasteiger partial charge in [0.25, 0.3) is 5.56 Å². The van der Waals surface area contributed by atoms with Gasteiger partial charge in [-0.1, -0.05) is 0 Å². The number of rotatable bonds is 5. The van der Waals surface area contributed by atoms with Crippen molar-refractivity contribution in [3.8, 4) is 11.3 Å². The summed E-state index contributed by atoms with van der Waals surface area (Å²) in [6.45, 7) is 5.89. The van der Waals surface area contributed by atoms with Gasteiger partial charge in [-0.3, -0.25) is 4.79 Å². The molecule has 0 unspecified atom stereocenters. The molecule has 5 rings (SSSR count). The van der Waals surface area contributed by atoms with Crippen molar-refractivity contribution >= 4 is 28.4 Å². The Bertz CT molecular complexity index is 1550. The van der Waals surface area contributed by atoms with E-state index in [1.54, 1.807) is 18.7 Å². The number of benzene rings is 2. The summed E-state index contributed by atoms with van der Waals surface area (Å²) in [5, 5.41) is 5.72. The summed E-state index contributed by atoms with van der Waals surface area (Å²) in [5.41, 5.74) is -0.683. The summed E-state index contributed by atoms with van der Waals surface area (Å²) in [5.74, 6) is -3.24. The van der Waals surface area contributed by atoms with Gasteiger partial charge in [-0.05, 0) is 26.0 Å². The highest BCUT2D eigenvalue weighted by atomic mass is 19.1. The number of nitrogens with zero attached hydrogens (tertiary/aromatic N) is 5. The monoisotopic (exact) mass is 513 g/mol. The molecule has 1 fully saturated rings. The molecule has 12 heteroatoms. The van der Waals surface area contributed by atoms with Crippen LogP contribution < -0.4 is 21.1 Å². The third kappa shape index (κ3) is 4.71. The van der Waals surface area contributed by atoms with Crippen LogP contribution in [0, 0.1) is 23.3 Å². The molecule has 0 saturated carbocycles. The lowest BCUT2D eigenvalue weighted by Crippen LogP contribution is -2.43. The van der Waals surface area contributed by atoms with E-state index >= 15 is 0 Å².